The SMILES string of the molecule is Brc1ccccn1.[H-].[K+]. The number of nitrogens with zero attached hydrogens (tertiary/aromatic N) is 1. The molecule has 0 aliphatic carbocycles. The largest absolute Gasteiger partial charge is 1.00 e. The van der Waals surface area contributed by atoms with Crippen molar-refractivity contribution in [2.45, 2.75) is 0 Å². The van der Waals surface area contributed by atoms with Gasteiger partial charge in [-0.1, -0.05) is 6.07 Å². The number of pyridine rings is 1. The fourth-order valence-corrected chi connectivity index (χ4v) is 0.613. The summed E-state index contributed by atoms with van der Waals surface area (Å²) in [6, 6.07) is 5.70. The molecule has 0 bridgehead atoms. The molecule has 0 N–H and O–H groups in total. The van der Waals surface area contributed by atoms with Crippen LogP contribution in [-0.2, 0) is 0 Å². The van der Waals surface area contributed by atoms with Gasteiger partial charge in [-0.05, 0) is 28.1 Å². The molecule has 0 fully saturated rings. The van der Waals surface area contributed by atoms with Crippen molar-refractivity contribution in [3.8, 4) is 0 Å². The molecule has 3 heteroatoms. The topological polar surface area (TPSA) is 12.9 Å². The Morgan fingerprint density at radius 1 is 1.50 bits per heavy atom. The fourth-order valence-electron chi connectivity index (χ4n) is 0.342. The molecule has 0 saturated heterocycles. The number of halogens is 1. The molecule has 0 atom stereocenters. The molecule has 1 rings (SSSR count). The third-order valence-corrected chi connectivity index (χ3v) is 1.10. The van der Waals surface area contributed by atoms with Crippen LogP contribution in [-0.4, -0.2) is 4.98 Å². The Morgan fingerprint density at radius 3 is 2.50 bits per heavy atom. The Hall–Kier alpha value is 1.27. The van der Waals surface area contributed by atoms with E-state index in [4.69, 9.17) is 0 Å². The van der Waals surface area contributed by atoms with E-state index in [-0.39, 0.29) is 52.8 Å². The summed E-state index contributed by atoms with van der Waals surface area (Å²) in [4.78, 5) is 3.90. The van der Waals surface area contributed by atoms with Crippen molar-refractivity contribution < 1.29 is 52.8 Å². The van der Waals surface area contributed by atoms with Gasteiger partial charge in [0, 0.05) is 6.20 Å². The number of hydrogen-bond acceptors (Lipinski definition) is 1. The van der Waals surface area contributed by atoms with Crippen molar-refractivity contribution in [2.75, 3.05) is 0 Å². The third-order valence-electron chi connectivity index (χ3n) is 0.629. The second-order valence-electron chi connectivity index (χ2n) is 1.15. The van der Waals surface area contributed by atoms with Crippen LogP contribution in [0.3, 0.4) is 0 Å². The first kappa shape index (κ1) is 9.27. The van der Waals surface area contributed by atoms with Gasteiger partial charge in [-0.25, -0.2) is 4.98 Å². The van der Waals surface area contributed by atoms with Crippen LogP contribution in [0.4, 0.5) is 0 Å². The van der Waals surface area contributed by atoms with Crippen LogP contribution >= 0.6 is 15.9 Å². The van der Waals surface area contributed by atoms with Gasteiger partial charge >= 0.3 is 51.4 Å². The zero-order valence-electron chi connectivity index (χ0n) is 5.63. The minimum atomic E-state index is 0. The third kappa shape index (κ3) is 3.32. The average molecular weight is 198 g/mol. The van der Waals surface area contributed by atoms with Gasteiger partial charge in [0.05, 0.1) is 0 Å². The maximum absolute atomic E-state index is 3.90. The fraction of sp³-hybridized carbons (Fsp3) is 0. The van der Waals surface area contributed by atoms with Gasteiger partial charge in [-0.2, -0.15) is 0 Å². The summed E-state index contributed by atoms with van der Waals surface area (Å²) in [7, 11) is 0. The molecular formula is C5H5BrKN. The van der Waals surface area contributed by atoms with E-state index in [1.165, 1.54) is 0 Å². The molecule has 0 unspecified atom stereocenters. The predicted molar refractivity (Wildman–Crippen MR) is 33.0 cm³/mol. The summed E-state index contributed by atoms with van der Waals surface area (Å²) in [5.41, 5.74) is 0. The first-order valence-corrected chi connectivity index (χ1v) is 2.75. The summed E-state index contributed by atoms with van der Waals surface area (Å²) in [5, 5.41) is 0. The van der Waals surface area contributed by atoms with Crippen LogP contribution in [0.2, 0.25) is 0 Å². The Balaban J connectivity index is 0. The molecule has 0 aromatic carbocycles. The molecule has 38 valence electrons. The Kier molecular flexibility index (Phi) is 5.89. The van der Waals surface area contributed by atoms with E-state index in [0.29, 0.717) is 0 Å². The molecule has 0 radical (unpaired) electrons. The normalized spacial score (nSPS) is 7.62. The minimum absolute atomic E-state index is 0. The number of rotatable bonds is 0. The molecule has 1 aromatic rings. The maximum Gasteiger partial charge on any atom is 1.00 e. The molecule has 0 aliphatic heterocycles. The molecule has 8 heavy (non-hydrogen) atoms. The standard InChI is InChI=1S/C5H4BrN.K.H/c6-5-3-1-2-4-7-5;;/h1-4H;;/q;+1;-1. The molecule has 1 heterocycles. The van der Waals surface area contributed by atoms with Gasteiger partial charge in [0.2, 0.25) is 0 Å². The Morgan fingerprint density at radius 2 is 2.25 bits per heavy atom. The van der Waals surface area contributed by atoms with Crippen molar-refractivity contribution in [3.63, 3.8) is 0 Å². The van der Waals surface area contributed by atoms with Crippen LogP contribution < -0.4 is 51.4 Å². The van der Waals surface area contributed by atoms with Crippen LogP contribution in [0.1, 0.15) is 1.43 Å². The second-order valence-corrected chi connectivity index (χ2v) is 1.96. The molecule has 0 amide bonds. The van der Waals surface area contributed by atoms with Gasteiger partial charge in [0.1, 0.15) is 4.60 Å². The number of hydrogen-bond donors (Lipinski definition) is 0. The van der Waals surface area contributed by atoms with Gasteiger partial charge in [-0.3, -0.25) is 0 Å². The monoisotopic (exact) mass is 197 g/mol. The first-order chi connectivity index (χ1) is 3.39. The molecule has 0 spiro atoms. The molecule has 0 saturated carbocycles. The Labute approximate surface area is 101 Å². The first-order valence-electron chi connectivity index (χ1n) is 1.96. The van der Waals surface area contributed by atoms with Crippen LogP contribution in [0.5, 0.6) is 0 Å². The van der Waals surface area contributed by atoms with E-state index in [1.54, 1.807) is 6.20 Å². The molecule has 1 aromatic heterocycles. The molecule has 0 aliphatic rings. The quantitative estimate of drug-likeness (QED) is 0.383. The Bertz CT molecular complexity index is 147. The zero-order valence-corrected chi connectivity index (χ0v) is 9.34. The molecular weight excluding hydrogens is 193 g/mol. The van der Waals surface area contributed by atoms with Crippen molar-refractivity contribution >= 4 is 15.9 Å². The minimum Gasteiger partial charge on any atom is -1.00 e. The van der Waals surface area contributed by atoms with Gasteiger partial charge in [0.15, 0.2) is 0 Å². The van der Waals surface area contributed by atoms with Crippen LogP contribution in [0.25, 0.3) is 0 Å². The van der Waals surface area contributed by atoms with Crippen molar-refractivity contribution in [2.24, 2.45) is 0 Å². The van der Waals surface area contributed by atoms with Gasteiger partial charge in [-0.15, -0.1) is 0 Å². The maximum atomic E-state index is 3.90. The van der Waals surface area contributed by atoms with Gasteiger partial charge in [0.25, 0.3) is 0 Å². The zero-order chi connectivity index (χ0) is 5.11. The predicted octanol–water partition coefficient (Wildman–Crippen LogP) is -1.04. The van der Waals surface area contributed by atoms with E-state index in [1.807, 2.05) is 18.2 Å². The second kappa shape index (κ2) is 5.08. The summed E-state index contributed by atoms with van der Waals surface area (Å²) in [6.07, 6.45) is 1.74. The number of aromatic nitrogens is 1. The van der Waals surface area contributed by atoms with Crippen LogP contribution in [0.15, 0.2) is 29.0 Å². The van der Waals surface area contributed by atoms with Gasteiger partial charge < -0.3 is 1.43 Å². The summed E-state index contributed by atoms with van der Waals surface area (Å²) >= 11 is 3.20. The molecule has 1 nitrogen and oxygen atoms in total. The van der Waals surface area contributed by atoms with E-state index in [0.717, 1.165) is 4.60 Å². The van der Waals surface area contributed by atoms with Crippen LogP contribution in [0, 0.1) is 0 Å². The van der Waals surface area contributed by atoms with Crippen molar-refractivity contribution in [1.29, 1.82) is 0 Å². The van der Waals surface area contributed by atoms with E-state index in [9.17, 15) is 0 Å². The summed E-state index contributed by atoms with van der Waals surface area (Å²) in [5.74, 6) is 0. The smallest absolute Gasteiger partial charge is 1.00 e. The van der Waals surface area contributed by atoms with E-state index < -0.39 is 0 Å². The van der Waals surface area contributed by atoms with E-state index >= 15 is 0 Å². The summed E-state index contributed by atoms with van der Waals surface area (Å²) in [6.45, 7) is 0. The van der Waals surface area contributed by atoms with Crippen molar-refractivity contribution in [3.05, 3.63) is 29.0 Å². The van der Waals surface area contributed by atoms with Crippen molar-refractivity contribution in [1.82, 2.24) is 4.98 Å². The summed E-state index contributed by atoms with van der Waals surface area (Å²) < 4.78 is 0.884. The van der Waals surface area contributed by atoms with E-state index in [2.05, 4.69) is 20.9 Å². The average Bonchev–Trinajstić information content (AvgIpc) is 1.69.